The molecular weight excluding hydrogens is 300 g/mol. The Labute approximate surface area is 141 Å². The van der Waals surface area contributed by atoms with Gasteiger partial charge in [0.2, 0.25) is 5.91 Å². The molecule has 5 nitrogen and oxygen atoms in total. The van der Waals surface area contributed by atoms with Gasteiger partial charge in [0.1, 0.15) is 5.82 Å². The Morgan fingerprint density at radius 3 is 2.79 bits per heavy atom. The summed E-state index contributed by atoms with van der Waals surface area (Å²) in [5.74, 6) is 0.997. The van der Waals surface area contributed by atoms with E-state index in [1.165, 1.54) is 0 Å². The fraction of sp³-hybridized carbons (Fsp3) is 0.316. The molecule has 0 saturated heterocycles. The van der Waals surface area contributed by atoms with Crippen molar-refractivity contribution in [1.29, 1.82) is 0 Å². The lowest BCUT2D eigenvalue weighted by Crippen LogP contribution is -2.24. The van der Waals surface area contributed by atoms with Crippen LogP contribution >= 0.6 is 0 Å². The number of carbonyl (C=O) groups excluding carboxylic acids is 1. The first-order valence-electron chi connectivity index (χ1n) is 8.17. The fourth-order valence-corrected chi connectivity index (χ4v) is 2.98. The molecule has 2 heterocycles. The Balaban J connectivity index is 1.70. The average Bonchev–Trinajstić information content (AvgIpc) is 2.89. The van der Waals surface area contributed by atoms with E-state index >= 15 is 0 Å². The first-order chi connectivity index (χ1) is 11.5. The maximum atomic E-state index is 12.1. The minimum Gasteiger partial charge on any atom is -0.352 e. The molecule has 0 radical (unpaired) electrons. The second-order valence-electron chi connectivity index (χ2n) is 6.26. The van der Waals surface area contributed by atoms with Crippen molar-refractivity contribution in [3.8, 4) is 0 Å². The van der Waals surface area contributed by atoms with Gasteiger partial charge in [-0.3, -0.25) is 9.78 Å². The lowest BCUT2D eigenvalue weighted by Gasteiger charge is -2.10. The van der Waals surface area contributed by atoms with Crippen molar-refractivity contribution < 1.29 is 4.79 Å². The molecule has 2 aromatic heterocycles. The molecule has 0 bridgehead atoms. The van der Waals surface area contributed by atoms with E-state index in [2.05, 4.69) is 39.8 Å². The number of nitrogens with zero attached hydrogens (tertiary/aromatic N) is 3. The third kappa shape index (κ3) is 3.45. The van der Waals surface area contributed by atoms with Gasteiger partial charge in [-0.25, -0.2) is 4.98 Å². The van der Waals surface area contributed by atoms with Crippen LogP contribution in [0.3, 0.4) is 0 Å². The second kappa shape index (κ2) is 6.83. The van der Waals surface area contributed by atoms with Gasteiger partial charge in [0.05, 0.1) is 17.5 Å². The molecule has 5 heteroatoms. The van der Waals surface area contributed by atoms with E-state index in [4.69, 9.17) is 0 Å². The summed E-state index contributed by atoms with van der Waals surface area (Å²) in [5, 5.41) is 2.93. The third-order valence-electron chi connectivity index (χ3n) is 4.02. The van der Waals surface area contributed by atoms with E-state index in [0.29, 0.717) is 19.0 Å². The number of benzene rings is 1. The Morgan fingerprint density at radius 2 is 2.08 bits per heavy atom. The van der Waals surface area contributed by atoms with Crippen LogP contribution in [0.1, 0.15) is 36.8 Å². The molecule has 0 spiro atoms. The third-order valence-corrected chi connectivity index (χ3v) is 4.02. The number of fused-ring (bicyclic) bond motifs is 1. The van der Waals surface area contributed by atoms with Crippen LogP contribution in [-0.2, 0) is 17.8 Å². The monoisotopic (exact) mass is 322 g/mol. The molecule has 0 unspecified atom stereocenters. The molecule has 3 aromatic rings. The van der Waals surface area contributed by atoms with Crippen molar-refractivity contribution in [3.05, 3.63) is 59.7 Å². The van der Waals surface area contributed by atoms with Crippen LogP contribution in [0.4, 0.5) is 0 Å². The van der Waals surface area contributed by atoms with E-state index in [-0.39, 0.29) is 5.91 Å². The van der Waals surface area contributed by atoms with Crippen molar-refractivity contribution in [1.82, 2.24) is 19.9 Å². The molecule has 124 valence electrons. The fourth-order valence-electron chi connectivity index (χ4n) is 2.98. The molecule has 0 saturated carbocycles. The summed E-state index contributed by atoms with van der Waals surface area (Å²) in [4.78, 5) is 20.8. The molecule has 0 aliphatic heterocycles. The first kappa shape index (κ1) is 16.2. The molecule has 0 aliphatic rings. The predicted octanol–water partition coefficient (Wildman–Crippen LogP) is 3.18. The number of aromatic nitrogens is 3. The molecule has 1 aromatic carbocycles. The van der Waals surface area contributed by atoms with Gasteiger partial charge in [-0.1, -0.05) is 12.1 Å². The van der Waals surface area contributed by atoms with Crippen LogP contribution in [-0.4, -0.2) is 20.4 Å². The largest absolute Gasteiger partial charge is 0.352 e. The number of rotatable bonds is 5. The van der Waals surface area contributed by atoms with Crippen LogP contribution < -0.4 is 5.32 Å². The Morgan fingerprint density at radius 1 is 1.25 bits per heavy atom. The molecule has 3 rings (SSSR count). The molecule has 0 atom stereocenters. The number of pyridine rings is 1. The minimum absolute atomic E-state index is 0.00165. The number of aryl methyl sites for hydroxylation is 1. The number of hydrogen-bond donors (Lipinski definition) is 1. The average molecular weight is 322 g/mol. The minimum atomic E-state index is -0.00165. The molecule has 1 N–H and O–H groups in total. The number of nitrogens with one attached hydrogen (secondary N) is 1. The van der Waals surface area contributed by atoms with Gasteiger partial charge in [-0.15, -0.1) is 0 Å². The SMILES string of the molecule is Cc1nc2cc(CC(=O)NCc3cccnc3)ccc2n1C(C)C. The zero-order valence-corrected chi connectivity index (χ0v) is 14.3. The van der Waals surface area contributed by atoms with E-state index in [1.807, 2.05) is 31.2 Å². The lowest BCUT2D eigenvalue weighted by atomic mass is 10.1. The first-order valence-corrected chi connectivity index (χ1v) is 8.17. The van der Waals surface area contributed by atoms with Gasteiger partial charge in [0.15, 0.2) is 0 Å². The number of hydrogen-bond acceptors (Lipinski definition) is 3. The molecular formula is C19H22N4O. The molecule has 0 fully saturated rings. The van der Waals surface area contributed by atoms with Crippen LogP contribution in [0.15, 0.2) is 42.7 Å². The molecule has 0 aliphatic carbocycles. The summed E-state index contributed by atoms with van der Waals surface area (Å²) in [6.45, 7) is 6.80. The summed E-state index contributed by atoms with van der Waals surface area (Å²) >= 11 is 0. The highest BCUT2D eigenvalue weighted by Gasteiger charge is 2.11. The van der Waals surface area contributed by atoms with Gasteiger partial charge < -0.3 is 9.88 Å². The van der Waals surface area contributed by atoms with Crippen molar-refractivity contribution >= 4 is 16.9 Å². The van der Waals surface area contributed by atoms with E-state index in [0.717, 1.165) is 28.0 Å². The molecule has 1 amide bonds. The predicted molar refractivity (Wildman–Crippen MR) is 94.6 cm³/mol. The Bertz CT molecular complexity index is 852. The van der Waals surface area contributed by atoms with Crippen LogP contribution in [0.25, 0.3) is 11.0 Å². The lowest BCUT2D eigenvalue weighted by molar-refractivity contribution is -0.120. The van der Waals surface area contributed by atoms with E-state index < -0.39 is 0 Å². The highest BCUT2D eigenvalue weighted by atomic mass is 16.1. The zero-order chi connectivity index (χ0) is 17.1. The Kier molecular flexibility index (Phi) is 4.60. The van der Waals surface area contributed by atoms with Gasteiger partial charge >= 0.3 is 0 Å². The van der Waals surface area contributed by atoms with Crippen LogP contribution in [0, 0.1) is 6.92 Å². The van der Waals surface area contributed by atoms with Crippen molar-refractivity contribution in [3.63, 3.8) is 0 Å². The van der Waals surface area contributed by atoms with Crippen LogP contribution in [0.5, 0.6) is 0 Å². The van der Waals surface area contributed by atoms with E-state index in [9.17, 15) is 4.79 Å². The van der Waals surface area contributed by atoms with Gasteiger partial charge in [-0.2, -0.15) is 0 Å². The van der Waals surface area contributed by atoms with E-state index in [1.54, 1.807) is 12.4 Å². The van der Waals surface area contributed by atoms with Gasteiger partial charge in [0, 0.05) is 25.0 Å². The normalized spacial score (nSPS) is 11.2. The summed E-state index contributed by atoms with van der Waals surface area (Å²) in [6.07, 6.45) is 3.83. The van der Waals surface area contributed by atoms with Crippen molar-refractivity contribution in [2.24, 2.45) is 0 Å². The topological polar surface area (TPSA) is 59.8 Å². The van der Waals surface area contributed by atoms with Gasteiger partial charge in [-0.05, 0) is 50.1 Å². The smallest absolute Gasteiger partial charge is 0.224 e. The molecule has 24 heavy (non-hydrogen) atoms. The number of imidazole rings is 1. The summed E-state index contributed by atoms with van der Waals surface area (Å²) in [7, 11) is 0. The summed E-state index contributed by atoms with van der Waals surface area (Å²) in [6, 6.07) is 10.2. The summed E-state index contributed by atoms with van der Waals surface area (Å²) < 4.78 is 2.21. The second-order valence-corrected chi connectivity index (χ2v) is 6.26. The maximum absolute atomic E-state index is 12.1. The number of carbonyl (C=O) groups is 1. The highest BCUT2D eigenvalue weighted by Crippen LogP contribution is 2.22. The van der Waals surface area contributed by atoms with Crippen LogP contribution in [0.2, 0.25) is 0 Å². The standard InChI is InChI=1S/C19H22N4O/c1-13(2)23-14(3)22-17-9-15(6-7-18(17)23)10-19(24)21-12-16-5-4-8-20-11-16/h4-9,11,13H,10,12H2,1-3H3,(H,21,24). The zero-order valence-electron chi connectivity index (χ0n) is 14.3. The summed E-state index contributed by atoms with van der Waals surface area (Å²) in [5.41, 5.74) is 4.02. The van der Waals surface area contributed by atoms with Gasteiger partial charge in [0.25, 0.3) is 0 Å². The highest BCUT2D eigenvalue weighted by molar-refractivity contribution is 5.82. The number of amides is 1. The van der Waals surface area contributed by atoms with Crippen molar-refractivity contribution in [2.45, 2.75) is 39.8 Å². The Hall–Kier alpha value is -2.69. The maximum Gasteiger partial charge on any atom is 0.224 e. The quantitative estimate of drug-likeness (QED) is 0.785. The van der Waals surface area contributed by atoms with Crippen molar-refractivity contribution in [2.75, 3.05) is 0 Å².